The third kappa shape index (κ3) is 6.92. The quantitative estimate of drug-likeness (QED) is 0.448. The Kier molecular flexibility index (Phi) is 8.51. The summed E-state index contributed by atoms with van der Waals surface area (Å²) in [6, 6.07) is 0. The van der Waals surface area contributed by atoms with Crippen LogP contribution in [-0.4, -0.2) is 45.2 Å². The molecule has 0 amide bonds. The van der Waals surface area contributed by atoms with E-state index in [1.807, 2.05) is 20.8 Å². The van der Waals surface area contributed by atoms with Crippen LogP contribution in [0.25, 0.3) is 0 Å². The predicted molar refractivity (Wildman–Crippen MR) is 94.6 cm³/mol. The molecule has 2 unspecified atom stereocenters. The number of guanidine groups is 1. The molecule has 1 saturated heterocycles. The minimum atomic E-state index is -0.847. The van der Waals surface area contributed by atoms with Crippen molar-refractivity contribution in [3.8, 4) is 0 Å². The fraction of sp³-hybridized carbons (Fsp3) is 0.923. The van der Waals surface area contributed by atoms with Gasteiger partial charge in [0.25, 0.3) is 0 Å². The van der Waals surface area contributed by atoms with Gasteiger partial charge in [0.2, 0.25) is 0 Å². The first-order valence-electron chi connectivity index (χ1n) is 6.74. The van der Waals surface area contributed by atoms with E-state index in [0.29, 0.717) is 24.2 Å². The number of halogens is 1. The average molecular weight is 401 g/mol. The lowest BCUT2D eigenvalue weighted by Gasteiger charge is -2.31. The van der Waals surface area contributed by atoms with Crippen LogP contribution in [0.5, 0.6) is 0 Å². The molecule has 0 saturated carbocycles. The van der Waals surface area contributed by atoms with Gasteiger partial charge in [-0.2, -0.15) is 0 Å². The molecular formula is C13H28IN3OS. The summed E-state index contributed by atoms with van der Waals surface area (Å²) >= 11 is 0. The molecule has 6 heteroatoms. The molecule has 1 aliphatic heterocycles. The molecule has 2 N–H and O–H groups in total. The lowest BCUT2D eigenvalue weighted by molar-refractivity contribution is 0.270. The number of likely N-dealkylation sites (tertiary alicyclic amines) is 1. The Bertz CT molecular complexity index is 328. The van der Waals surface area contributed by atoms with Gasteiger partial charge in [0.05, 0.1) is 6.54 Å². The van der Waals surface area contributed by atoms with Crippen molar-refractivity contribution in [2.75, 3.05) is 25.4 Å². The number of rotatable bonds is 3. The first-order valence-corrected chi connectivity index (χ1v) is 8.06. The van der Waals surface area contributed by atoms with Crippen molar-refractivity contribution in [2.24, 2.45) is 16.6 Å². The van der Waals surface area contributed by atoms with Crippen LogP contribution in [0.4, 0.5) is 0 Å². The summed E-state index contributed by atoms with van der Waals surface area (Å²) in [5.41, 5.74) is 5.98. The fourth-order valence-electron chi connectivity index (χ4n) is 2.05. The van der Waals surface area contributed by atoms with E-state index >= 15 is 0 Å². The smallest absolute Gasteiger partial charge is 0.191 e. The highest BCUT2D eigenvalue weighted by Crippen LogP contribution is 2.15. The SMILES string of the molecule is CC1CCCN(C(N)=NCCS(=O)C(C)(C)C)C1.I. The zero-order valence-corrected chi connectivity index (χ0v) is 15.7. The molecule has 0 aromatic rings. The maximum atomic E-state index is 11.9. The Morgan fingerprint density at radius 2 is 2.11 bits per heavy atom. The van der Waals surface area contributed by atoms with Crippen LogP contribution in [0.1, 0.15) is 40.5 Å². The summed E-state index contributed by atoms with van der Waals surface area (Å²) in [5, 5.41) is 0. The summed E-state index contributed by atoms with van der Waals surface area (Å²) in [4.78, 5) is 6.51. The van der Waals surface area contributed by atoms with Crippen LogP contribution in [0, 0.1) is 5.92 Å². The van der Waals surface area contributed by atoms with Gasteiger partial charge >= 0.3 is 0 Å². The average Bonchev–Trinajstić information content (AvgIpc) is 2.27. The highest BCUT2D eigenvalue weighted by Gasteiger charge is 2.20. The normalized spacial score (nSPS) is 22.8. The van der Waals surface area contributed by atoms with E-state index in [0.717, 1.165) is 13.1 Å². The van der Waals surface area contributed by atoms with Crippen molar-refractivity contribution in [1.82, 2.24) is 4.90 Å². The van der Waals surface area contributed by atoms with Crippen molar-refractivity contribution in [2.45, 2.75) is 45.3 Å². The molecule has 0 spiro atoms. The Balaban J connectivity index is 0.00000324. The number of hydrogen-bond acceptors (Lipinski definition) is 2. The van der Waals surface area contributed by atoms with Gasteiger partial charge in [-0.1, -0.05) is 6.92 Å². The molecular weight excluding hydrogens is 373 g/mol. The summed E-state index contributed by atoms with van der Waals surface area (Å²) in [6.07, 6.45) is 2.46. The van der Waals surface area contributed by atoms with E-state index in [1.54, 1.807) is 0 Å². The third-order valence-electron chi connectivity index (χ3n) is 3.21. The van der Waals surface area contributed by atoms with Crippen LogP contribution in [0.2, 0.25) is 0 Å². The molecule has 19 heavy (non-hydrogen) atoms. The third-order valence-corrected chi connectivity index (χ3v) is 5.13. The maximum absolute atomic E-state index is 11.9. The molecule has 2 atom stereocenters. The molecule has 1 aliphatic rings. The van der Waals surface area contributed by atoms with Gasteiger partial charge in [-0.25, -0.2) is 0 Å². The van der Waals surface area contributed by atoms with Crippen LogP contribution < -0.4 is 5.73 Å². The minimum Gasteiger partial charge on any atom is -0.370 e. The molecule has 0 bridgehead atoms. The molecule has 1 rings (SSSR count). The number of piperidine rings is 1. The maximum Gasteiger partial charge on any atom is 0.191 e. The number of aliphatic imine (C=N–C) groups is 1. The second kappa shape index (κ2) is 8.44. The van der Waals surface area contributed by atoms with Gasteiger partial charge in [-0.3, -0.25) is 9.20 Å². The predicted octanol–water partition coefficient (Wildman–Crippen LogP) is 2.20. The first-order chi connectivity index (χ1) is 8.30. The van der Waals surface area contributed by atoms with E-state index in [9.17, 15) is 4.21 Å². The lowest BCUT2D eigenvalue weighted by atomic mass is 10.0. The summed E-state index contributed by atoms with van der Waals surface area (Å²) in [5.74, 6) is 1.90. The van der Waals surface area contributed by atoms with Gasteiger partial charge in [-0.15, -0.1) is 24.0 Å². The van der Waals surface area contributed by atoms with Crippen molar-refractivity contribution in [3.05, 3.63) is 0 Å². The van der Waals surface area contributed by atoms with Gasteiger partial charge in [0, 0.05) is 34.4 Å². The van der Waals surface area contributed by atoms with Crippen LogP contribution >= 0.6 is 24.0 Å². The van der Waals surface area contributed by atoms with Crippen molar-refractivity contribution < 1.29 is 4.21 Å². The summed E-state index contributed by atoms with van der Waals surface area (Å²) in [6.45, 7) is 10.8. The molecule has 0 aromatic carbocycles. The van der Waals surface area contributed by atoms with Gasteiger partial charge in [0.15, 0.2) is 5.96 Å². The van der Waals surface area contributed by atoms with Gasteiger partial charge in [0.1, 0.15) is 0 Å². The van der Waals surface area contributed by atoms with E-state index in [1.165, 1.54) is 12.8 Å². The van der Waals surface area contributed by atoms with Crippen molar-refractivity contribution >= 4 is 40.7 Å². The van der Waals surface area contributed by atoms with E-state index in [4.69, 9.17) is 5.73 Å². The second-order valence-corrected chi connectivity index (χ2v) is 8.42. The Morgan fingerprint density at radius 1 is 1.47 bits per heavy atom. The van der Waals surface area contributed by atoms with Crippen LogP contribution in [0.15, 0.2) is 4.99 Å². The van der Waals surface area contributed by atoms with Crippen LogP contribution in [0.3, 0.4) is 0 Å². The monoisotopic (exact) mass is 401 g/mol. The fourth-order valence-corrected chi connectivity index (χ4v) is 2.92. The Hall–Kier alpha value is 0.150. The van der Waals surface area contributed by atoms with E-state index in [2.05, 4.69) is 16.8 Å². The van der Waals surface area contributed by atoms with E-state index in [-0.39, 0.29) is 28.7 Å². The topological polar surface area (TPSA) is 58.7 Å². The second-order valence-electron chi connectivity index (χ2n) is 6.10. The Labute approximate surface area is 137 Å². The van der Waals surface area contributed by atoms with Gasteiger partial charge < -0.3 is 10.6 Å². The first kappa shape index (κ1) is 19.1. The number of hydrogen-bond donors (Lipinski definition) is 1. The summed E-state index contributed by atoms with van der Waals surface area (Å²) < 4.78 is 11.7. The molecule has 1 heterocycles. The Morgan fingerprint density at radius 3 is 2.63 bits per heavy atom. The standard InChI is InChI=1S/C13H27N3OS.HI/c1-11-6-5-8-16(10-11)12(14)15-7-9-18(17)13(2,3)4;/h11H,5-10H2,1-4H3,(H2,14,15);1H. The lowest BCUT2D eigenvalue weighted by Crippen LogP contribution is -2.43. The van der Waals surface area contributed by atoms with Gasteiger partial charge in [-0.05, 0) is 39.5 Å². The largest absolute Gasteiger partial charge is 0.370 e. The highest BCUT2D eigenvalue weighted by atomic mass is 127. The zero-order valence-electron chi connectivity index (χ0n) is 12.5. The minimum absolute atomic E-state index is 0. The molecule has 4 nitrogen and oxygen atoms in total. The number of nitrogens with zero attached hydrogens (tertiary/aromatic N) is 2. The molecule has 0 radical (unpaired) electrons. The van der Waals surface area contributed by atoms with Crippen LogP contribution in [-0.2, 0) is 10.8 Å². The number of nitrogens with two attached hydrogens (primary N) is 1. The molecule has 1 fully saturated rings. The van der Waals surface area contributed by atoms with Crippen molar-refractivity contribution in [1.29, 1.82) is 0 Å². The summed E-state index contributed by atoms with van der Waals surface area (Å²) in [7, 11) is -0.847. The molecule has 114 valence electrons. The highest BCUT2D eigenvalue weighted by molar-refractivity contribution is 14.0. The van der Waals surface area contributed by atoms with E-state index < -0.39 is 10.8 Å². The molecule has 0 aromatic heterocycles. The zero-order chi connectivity index (χ0) is 13.8. The molecule has 0 aliphatic carbocycles. The van der Waals surface area contributed by atoms with Crippen molar-refractivity contribution in [3.63, 3.8) is 0 Å².